The summed E-state index contributed by atoms with van der Waals surface area (Å²) < 4.78 is 155. The van der Waals surface area contributed by atoms with Crippen molar-refractivity contribution < 1.29 is 143 Å². The lowest BCUT2D eigenvalue weighted by Crippen LogP contribution is -2.57. The highest BCUT2D eigenvalue weighted by Crippen LogP contribution is 2.39. The van der Waals surface area contributed by atoms with Gasteiger partial charge >= 0.3 is 18.3 Å². The summed E-state index contributed by atoms with van der Waals surface area (Å²) >= 11 is 0. The van der Waals surface area contributed by atoms with Crippen LogP contribution in [0.2, 0.25) is 0 Å². The van der Waals surface area contributed by atoms with Crippen LogP contribution in [0.4, 0.5) is 38.2 Å². The van der Waals surface area contributed by atoms with Crippen molar-refractivity contribution in [3.05, 3.63) is 137 Å². The number of carbonyl (C=O) groups is 5. The topological polar surface area (TPSA) is 512 Å². The number of nitrogens with one attached hydrogen (secondary N) is 6. The zero-order valence-electron chi connectivity index (χ0n) is 75.6. The number of aryl methyl sites for hydroxylation is 2. The lowest BCUT2D eigenvalue weighted by atomic mass is 9.81. The van der Waals surface area contributed by atoms with Gasteiger partial charge in [-0.05, 0) is 96.8 Å². The predicted molar refractivity (Wildman–Crippen MR) is 473 cm³/mol. The molecule has 0 radical (unpaired) electrons. The van der Waals surface area contributed by atoms with Crippen LogP contribution in [-0.4, -0.2) is 326 Å². The Balaban J connectivity index is 0.566. The Labute approximate surface area is 776 Å². The van der Waals surface area contributed by atoms with Gasteiger partial charge in [0.05, 0.1) is 199 Å². The van der Waals surface area contributed by atoms with E-state index in [9.17, 15) is 81.0 Å². The van der Waals surface area contributed by atoms with Crippen LogP contribution in [0.25, 0.3) is 22.0 Å². The maximum absolute atomic E-state index is 13.4. The van der Waals surface area contributed by atoms with Crippen molar-refractivity contribution in [1.82, 2.24) is 60.8 Å². The van der Waals surface area contributed by atoms with E-state index in [0.29, 0.717) is 75.0 Å². The first kappa shape index (κ1) is 107. The second-order valence-corrected chi connectivity index (χ2v) is 33.2. The quantitative estimate of drug-likeness (QED) is 0.0177. The fourth-order valence-corrected chi connectivity index (χ4v) is 14.7. The number of aromatic carboxylic acids is 1. The molecule has 10 rings (SSSR count). The molecule has 0 aliphatic carbocycles. The summed E-state index contributed by atoms with van der Waals surface area (Å²) in [6, 6.07) is 17.3. The van der Waals surface area contributed by atoms with E-state index < -0.39 is 96.0 Å². The van der Waals surface area contributed by atoms with Crippen LogP contribution < -0.4 is 42.4 Å². The summed E-state index contributed by atoms with van der Waals surface area (Å²) in [5.74, 6) is -2.01. The highest BCUT2D eigenvalue weighted by Gasteiger charge is 2.42. The number of nitrogens with zero attached hydrogens (tertiary/aromatic N) is 8. The number of para-hydroxylation sites is 1. The Hall–Kier alpha value is -9.89. The van der Waals surface area contributed by atoms with Crippen LogP contribution in [0.15, 0.2) is 97.6 Å². The molecular formula is C90H125F6N15O24. The Morgan fingerprint density at radius 1 is 0.556 bits per heavy atom. The standard InChI is InChI=1S/C90H125F6N15O24/c1-88(2,62-45-60(59-15-16-71-66(47-59)67(97)52-133-71)44-61(46-62)70(112)49-110-27-19-58-10-9-12-65(80(58)110)85(121)122)57-102-76(113)13-6-3-5-11-63-48-111(109-108-63)26-8-4-7-14-79(116)103-64(50-129-28-20-77(114)98-24-30-123-32-34-125-36-38-127-40-42-131-55-72-83(119)81(117)68(53-134-72)104-86-100-22-17-74(106-86)89(91,92)93)51-130-29-21-78(115)99-25-31-124-33-35-126-37-39-128-41-43-132-56-73-84(120)82(118)69(54-135-73)105-87-101-23-18-75(107-87)90(94,95)96/h9-10,12,15-19,22-23,27,44-48,64,67-70,72-73,81-84,112,117-120H,3-8,11,13-14,20-21,24-26,28-43,49-57,97H2,1-2H3,(H,98,114)(H,99,115)(H,102,113)(H,103,116)(H,121,122)(H,100,104,106)(H,101,105,107)/t67-,68+,69+,70-,72-,73-,81-,82-,83+,84+/m1/s1. The van der Waals surface area contributed by atoms with Crippen molar-refractivity contribution in [1.29, 1.82) is 0 Å². The van der Waals surface area contributed by atoms with Crippen LogP contribution in [0.5, 0.6) is 5.75 Å². The molecule has 7 aromatic rings. The highest BCUT2D eigenvalue weighted by molar-refractivity contribution is 6.02. The minimum absolute atomic E-state index is 0.00855. The monoisotopic (exact) mass is 1910 g/mol. The average Bonchev–Trinajstić information content (AvgIpc) is 1.77. The Bertz CT molecular complexity index is 4640. The summed E-state index contributed by atoms with van der Waals surface area (Å²) in [5.41, 5.74) is 9.07. The lowest BCUT2D eigenvalue weighted by Gasteiger charge is -2.37. The molecule has 0 saturated carbocycles. The number of anilines is 2. The molecule has 3 aliphatic rings. The minimum atomic E-state index is -4.69. The summed E-state index contributed by atoms with van der Waals surface area (Å²) in [7, 11) is 0. The first-order valence-electron chi connectivity index (χ1n) is 45.2. The van der Waals surface area contributed by atoms with Crippen molar-refractivity contribution in [3.8, 4) is 16.9 Å². The maximum atomic E-state index is 13.4. The van der Waals surface area contributed by atoms with Crippen molar-refractivity contribution in [2.75, 3.05) is 182 Å². The third-order valence-corrected chi connectivity index (χ3v) is 22.3. The molecule has 0 bridgehead atoms. The number of carboxylic acids is 1. The smallest absolute Gasteiger partial charge is 0.433 e. The van der Waals surface area contributed by atoms with Crippen LogP contribution in [-0.2, 0) is 113 Å². The van der Waals surface area contributed by atoms with Gasteiger partial charge in [0.2, 0.25) is 35.5 Å². The Kier molecular flexibility index (Phi) is 44.0. The number of unbranched alkanes of at least 4 members (excludes halogenated alkanes) is 4. The van der Waals surface area contributed by atoms with E-state index in [1.165, 1.54) is 0 Å². The molecular weight excluding hydrogens is 1790 g/mol. The average molecular weight is 1920 g/mol. The fourth-order valence-electron chi connectivity index (χ4n) is 14.7. The summed E-state index contributed by atoms with van der Waals surface area (Å²) in [4.78, 5) is 78.8. The van der Waals surface area contributed by atoms with Crippen molar-refractivity contribution in [3.63, 3.8) is 0 Å². The van der Waals surface area contributed by atoms with Gasteiger partial charge in [-0.1, -0.05) is 62.2 Å². The zero-order chi connectivity index (χ0) is 96.5. The third kappa shape index (κ3) is 36.2. The molecule has 0 unspecified atom stereocenters. The second kappa shape index (κ2) is 55.5. The van der Waals surface area contributed by atoms with E-state index in [2.05, 4.69) is 68.2 Å². The first-order chi connectivity index (χ1) is 65.0. The molecule has 2 saturated heterocycles. The third-order valence-electron chi connectivity index (χ3n) is 22.3. The predicted octanol–water partition coefficient (Wildman–Crippen LogP) is 4.96. The summed E-state index contributed by atoms with van der Waals surface area (Å²) in [5, 5.41) is 90.5. The van der Waals surface area contributed by atoms with Gasteiger partial charge in [0.25, 0.3) is 0 Å². The first-order valence-corrected chi connectivity index (χ1v) is 45.2. The summed E-state index contributed by atoms with van der Waals surface area (Å²) in [6.45, 7) is 8.45. The Morgan fingerprint density at radius 2 is 1.08 bits per heavy atom. The van der Waals surface area contributed by atoms with Gasteiger partial charge in [-0.2, -0.15) is 26.3 Å². The molecule has 4 aromatic heterocycles. The van der Waals surface area contributed by atoms with Gasteiger partial charge < -0.3 is 134 Å². The molecule has 2 fully saturated rings. The van der Waals surface area contributed by atoms with Gasteiger partial charge in [-0.15, -0.1) is 5.10 Å². The molecule has 3 aromatic carbocycles. The van der Waals surface area contributed by atoms with Gasteiger partial charge in [0.1, 0.15) is 60.4 Å². The minimum Gasteiger partial charge on any atom is -0.491 e. The molecule has 10 atom stereocenters. The number of nitrogens with two attached hydrogens (primary N) is 1. The van der Waals surface area contributed by atoms with Gasteiger partial charge in [0.15, 0.2) is 0 Å². The second-order valence-electron chi connectivity index (χ2n) is 33.2. The van der Waals surface area contributed by atoms with Crippen LogP contribution >= 0.6 is 0 Å². The molecule has 135 heavy (non-hydrogen) atoms. The SMILES string of the molecule is CC(C)(CNC(=O)CCCCCc1cn(CCCCCC(=O)NC(COCCC(=O)NCCOCCOCCOCCOC[C@H]2OC[C@H](Nc3nccc(C(F)(F)F)n3)[C@@H](O)[C@H]2O)COCCC(=O)NCCOCCOCCOCCOC[C@H]2OC[C@H](Nc3nccc(C(F)(F)F)n3)[C@@H](O)[C@H]2O)nn1)c1cc(-c2ccc3c(c2)[C@H](N)CO3)cc([C@H](O)Cn2ccc3cccc(C(=O)O)c32)c1. The van der Waals surface area contributed by atoms with E-state index in [1.54, 1.807) is 27.6 Å². The molecule has 39 nitrogen and oxygen atoms in total. The Morgan fingerprint density at radius 3 is 1.63 bits per heavy atom. The van der Waals surface area contributed by atoms with Gasteiger partial charge in [0, 0.05) is 93.0 Å². The number of alkyl halides is 6. The largest absolute Gasteiger partial charge is 0.491 e. The number of carboxylic acid groups (broad SMARTS) is 1. The highest BCUT2D eigenvalue weighted by atomic mass is 19.4. The van der Waals surface area contributed by atoms with E-state index in [-0.39, 0.29) is 231 Å². The number of hydrogen-bond acceptors (Lipinski definition) is 32. The zero-order valence-corrected chi connectivity index (χ0v) is 75.6. The number of aromatic nitrogens is 8. The van der Waals surface area contributed by atoms with Crippen LogP contribution in [0, 0.1) is 0 Å². The molecule has 3 aliphatic heterocycles. The summed E-state index contributed by atoms with van der Waals surface area (Å²) in [6.07, 6.45) is -6.88. The van der Waals surface area contributed by atoms with Crippen molar-refractivity contribution in [2.45, 2.75) is 182 Å². The molecule has 746 valence electrons. The molecule has 0 spiro atoms. The normalized spacial score (nSPS) is 18.8. The van der Waals surface area contributed by atoms with E-state index in [0.717, 1.165) is 70.7 Å². The van der Waals surface area contributed by atoms with Crippen LogP contribution in [0.3, 0.4) is 0 Å². The number of carbonyl (C=O) groups excluding carboxylic acids is 4. The van der Waals surface area contributed by atoms with Gasteiger partial charge in [-0.25, -0.2) is 24.7 Å². The number of halogens is 6. The van der Waals surface area contributed by atoms with Crippen LogP contribution in [0.1, 0.15) is 134 Å². The lowest BCUT2D eigenvalue weighted by molar-refractivity contribution is -0.161. The number of fused-ring (bicyclic) bond motifs is 2. The number of hydrogen-bond donors (Lipinski definition) is 13. The number of aliphatic hydroxyl groups excluding tert-OH is 5. The molecule has 45 heteroatoms. The molecule has 7 heterocycles. The van der Waals surface area contributed by atoms with E-state index >= 15 is 0 Å². The number of amides is 4. The number of benzene rings is 3. The molecule has 4 amide bonds. The number of aliphatic hydroxyl groups is 5. The van der Waals surface area contributed by atoms with Crippen molar-refractivity contribution >= 4 is 52.4 Å². The number of ether oxygens (including phenoxy) is 13. The van der Waals surface area contributed by atoms with E-state index in [4.69, 9.17) is 67.3 Å². The van der Waals surface area contributed by atoms with Gasteiger partial charge in [-0.3, -0.25) is 23.9 Å². The molecule has 14 N–H and O–H groups in total. The maximum Gasteiger partial charge on any atom is 0.433 e. The van der Waals surface area contributed by atoms with E-state index in [1.807, 2.05) is 62.5 Å². The number of rotatable bonds is 63. The fraction of sp³-hybridized carbons (Fsp3) is 0.611. The van der Waals surface area contributed by atoms with Crippen molar-refractivity contribution in [2.24, 2.45) is 5.73 Å².